The Hall–Kier alpha value is -2.41. The normalized spacial score (nSPS) is 22.1. The molecule has 3 heterocycles. The van der Waals surface area contributed by atoms with Gasteiger partial charge in [0, 0.05) is 24.9 Å². The lowest BCUT2D eigenvalue weighted by atomic mass is 9.92. The fourth-order valence-corrected chi connectivity index (χ4v) is 4.31. The summed E-state index contributed by atoms with van der Waals surface area (Å²) in [5.41, 5.74) is 0.583. The van der Waals surface area contributed by atoms with Crippen LogP contribution in [-0.2, 0) is 4.79 Å². The zero-order valence-corrected chi connectivity index (χ0v) is 15.8. The summed E-state index contributed by atoms with van der Waals surface area (Å²) in [7, 11) is 2.11. The van der Waals surface area contributed by atoms with Gasteiger partial charge in [0.25, 0.3) is 0 Å². The smallest absolute Gasteiger partial charge is 0.342 e. The van der Waals surface area contributed by atoms with Crippen LogP contribution in [0.15, 0.2) is 35.1 Å². The second-order valence-electron chi connectivity index (χ2n) is 7.76. The van der Waals surface area contributed by atoms with Crippen molar-refractivity contribution in [2.45, 2.75) is 31.6 Å². The number of aromatic amines is 1. The van der Waals surface area contributed by atoms with Gasteiger partial charge in [0.1, 0.15) is 5.82 Å². The third-order valence-electron chi connectivity index (χ3n) is 5.88. The molecule has 27 heavy (non-hydrogen) atoms. The maximum Gasteiger partial charge on any atom is 0.347 e. The molecule has 7 nitrogen and oxygen atoms in total. The van der Waals surface area contributed by atoms with Crippen molar-refractivity contribution in [2.24, 2.45) is 5.92 Å². The summed E-state index contributed by atoms with van der Waals surface area (Å²) in [6.45, 7) is 3.42. The first-order valence-corrected chi connectivity index (χ1v) is 9.83. The van der Waals surface area contributed by atoms with E-state index in [1.807, 2.05) is 35.2 Å². The average molecular weight is 369 g/mol. The minimum Gasteiger partial charge on any atom is -0.342 e. The summed E-state index contributed by atoms with van der Waals surface area (Å²) in [5.74, 6) is 1.22. The summed E-state index contributed by atoms with van der Waals surface area (Å²) < 4.78 is 1.65. The van der Waals surface area contributed by atoms with Crippen LogP contribution in [0.1, 0.15) is 37.4 Å². The van der Waals surface area contributed by atoms with Gasteiger partial charge in [-0.3, -0.25) is 4.79 Å². The van der Waals surface area contributed by atoms with E-state index in [1.165, 1.54) is 0 Å². The van der Waals surface area contributed by atoms with Gasteiger partial charge in [-0.1, -0.05) is 18.2 Å². The number of hydrogen-bond donors (Lipinski definition) is 1. The lowest BCUT2D eigenvalue weighted by molar-refractivity contribution is -0.138. The van der Waals surface area contributed by atoms with Crippen LogP contribution in [0.4, 0.5) is 0 Å². The predicted molar refractivity (Wildman–Crippen MR) is 103 cm³/mol. The largest absolute Gasteiger partial charge is 0.347 e. The molecule has 2 aromatic rings. The van der Waals surface area contributed by atoms with E-state index in [2.05, 4.69) is 22.1 Å². The average Bonchev–Trinajstić information content (AvgIpc) is 3.10. The molecule has 2 saturated heterocycles. The Morgan fingerprint density at radius 1 is 1.11 bits per heavy atom. The molecule has 1 atom stereocenters. The van der Waals surface area contributed by atoms with Crippen LogP contribution in [0.3, 0.4) is 0 Å². The fraction of sp³-hybridized carbons (Fsp3) is 0.550. The van der Waals surface area contributed by atoms with Gasteiger partial charge in [-0.05, 0) is 58.0 Å². The number of benzene rings is 1. The molecule has 2 aliphatic heterocycles. The SMILES string of the molecule is CN1CCC(C(=O)N2CCC[C@@H](c3n[nH]c(=O)n3-c3ccccc3)C2)CC1. The molecule has 0 saturated carbocycles. The number of piperidine rings is 2. The van der Waals surface area contributed by atoms with Crippen molar-refractivity contribution in [3.8, 4) is 5.69 Å². The van der Waals surface area contributed by atoms with E-state index < -0.39 is 0 Å². The number of rotatable bonds is 3. The number of amides is 1. The van der Waals surface area contributed by atoms with Gasteiger partial charge in [-0.2, -0.15) is 5.10 Å². The van der Waals surface area contributed by atoms with Crippen LogP contribution in [0.2, 0.25) is 0 Å². The molecule has 4 rings (SSSR count). The van der Waals surface area contributed by atoms with Gasteiger partial charge in [-0.15, -0.1) is 0 Å². The van der Waals surface area contributed by atoms with Crippen LogP contribution in [-0.4, -0.2) is 63.7 Å². The highest BCUT2D eigenvalue weighted by Gasteiger charge is 2.33. The highest BCUT2D eigenvalue weighted by atomic mass is 16.2. The maximum absolute atomic E-state index is 13.0. The lowest BCUT2D eigenvalue weighted by Gasteiger charge is -2.36. The van der Waals surface area contributed by atoms with Crippen molar-refractivity contribution in [2.75, 3.05) is 33.2 Å². The van der Waals surface area contributed by atoms with Crippen molar-refractivity contribution in [1.82, 2.24) is 24.6 Å². The Bertz CT molecular complexity index is 836. The Kier molecular flexibility index (Phi) is 5.11. The van der Waals surface area contributed by atoms with Crippen molar-refractivity contribution >= 4 is 5.91 Å². The van der Waals surface area contributed by atoms with Crippen LogP contribution >= 0.6 is 0 Å². The first kappa shape index (κ1) is 18.0. The van der Waals surface area contributed by atoms with Crippen molar-refractivity contribution in [3.63, 3.8) is 0 Å². The molecule has 7 heteroatoms. The third-order valence-corrected chi connectivity index (χ3v) is 5.88. The number of carbonyl (C=O) groups is 1. The number of para-hydroxylation sites is 1. The molecule has 2 fully saturated rings. The van der Waals surface area contributed by atoms with E-state index in [-0.39, 0.29) is 23.4 Å². The number of nitrogens with one attached hydrogen (secondary N) is 1. The second-order valence-corrected chi connectivity index (χ2v) is 7.76. The highest BCUT2D eigenvalue weighted by Crippen LogP contribution is 2.28. The molecule has 144 valence electrons. The monoisotopic (exact) mass is 369 g/mol. The highest BCUT2D eigenvalue weighted by molar-refractivity contribution is 5.79. The first-order chi connectivity index (χ1) is 13.1. The van der Waals surface area contributed by atoms with E-state index in [4.69, 9.17) is 0 Å². The molecule has 1 aromatic heterocycles. The molecule has 1 amide bonds. The minimum absolute atomic E-state index is 0.0770. The zero-order chi connectivity index (χ0) is 18.8. The molecule has 0 bridgehead atoms. The molecular formula is C20H27N5O2. The van der Waals surface area contributed by atoms with E-state index >= 15 is 0 Å². The number of carbonyl (C=O) groups excluding carboxylic acids is 1. The van der Waals surface area contributed by atoms with Crippen LogP contribution in [0.25, 0.3) is 5.69 Å². The molecule has 0 radical (unpaired) electrons. The third kappa shape index (κ3) is 3.69. The summed E-state index contributed by atoms with van der Waals surface area (Å²) in [6.07, 6.45) is 3.76. The van der Waals surface area contributed by atoms with Gasteiger partial charge in [-0.25, -0.2) is 14.5 Å². The summed E-state index contributed by atoms with van der Waals surface area (Å²) in [6, 6.07) is 9.57. The Morgan fingerprint density at radius 2 is 1.85 bits per heavy atom. The summed E-state index contributed by atoms with van der Waals surface area (Å²) >= 11 is 0. The Labute approximate surface area is 159 Å². The molecule has 2 aliphatic rings. The number of aromatic nitrogens is 3. The molecule has 0 aliphatic carbocycles. The summed E-state index contributed by atoms with van der Waals surface area (Å²) in [5, 5.41) is 6.91. The number of hydrogen-bond acceptors (Lipinski definition) is 4. The molecule has 1 N–H and O–H groups in total. The lowest BCUT2D eigenvalue weighted by Crippen LogP contribution is -2.45. The van der Waals surface area contributed by atoms with Crippen LogP contribution in [0.5, 0.6) is 0 Å². The van der Waals surface area contributed by atoms with E-state index in [1.54, 1.807) is 4.57 Å². The first-order valence-electron chi connectivity index (χ1n) is 9.83. The van der Waals surface area contributed by atoms with Gasteiger partial charge in [0.05, 0.1) is 5.69 Å². The molecular weight excluding hydrogens is 342 g/mol. The number of H-pyrrole nitrogens is 1. The van der Waals surface area contributed by atoms with E-state index in [9.17, 15) is 9.59 Å². The van der Waals surface area contributed by atoms with Crippen molar-refractivity contribution < 1.29 is 4.79 Å². The maximum atomic E-state index is 13.0. The quantitative estimate of drug-likeness (QED) is 0.892. The van der Waals surface area contributed by atoms with E-state index in [0.29, 0.717) is 6.54 Å². The minimum atomic E-state index is -0.227. The van der Waals surface area contributed by atoms with Gasteiger partial charge >= 0.3 is 5.69 Å². The topological polar surface area (TPSA) is 74.2 Å². The van der Waals surface area contributed by atoms with Crippen molar-refractivity contribution in [1.29, 1.82) is 0 Å². The number of likely N-dealkylation sites (tertiary alicyclic amines) is 2. The van der Waals surface area contributed by atoms with Gasteiger partial charge < -0.3 is 9.80 Å². The van der Waals surface area contributed by atoms with Crippen molar-refractivity contribution in [3.05, 3.63) is 46.6 Å². The Balaban J connectivity index is 1.53. The Morgan fingerprint density at radius 3 is 2.59 bits per heavy atom. The van der Waals surface area contributed by atoms with Crippen LogP contribution < -0.4 is 5.69 Å². The predicted octanol–water partition coefficient (Wildman–Crippen LogP) is 1.61. The fourth-order valence-electron chi connectivity index (χ4n) is 4.31. The number of nitrogens with zero attached hydrogens (tertiary/aromatic N) is 4. The second kappa shape index (κ2) is 7.68. The molecule has 1 aromatic carbocycles. The molecule has 0 spiro atoms. The van der Waals surface area contributed by atoms with Gasteiger partial charge in [0.15, 0.2) is 0 Å². The summed E-state index contributed by atoms with van der Waals surface area (Å²) in [4.78, 5) is 29.6. The molecule has 0 unspecified atom stereocenters. The zero-order valence-electron chi connectivity index (χ0n) is 15.8. The van der Waals surface area contributed by atoms with E-state index in [0.717, 1.165) is 56.8 Å². The van der Waals surface area contributed by atoms with Gasteiger partial charge in [0.2, 0.25) is 5.91 Å². The van der Waals surface area contributed by atoms with Crippen LogP contribution in [0, 0.1) is 5.92 Å². The standard InChI is InChI=1S/C20H27N5O2/c1-23-12-9-15(10-13-23)19(26)24-11-5-6-16(14-24)18-21-22-20(27)25(18)17-7-3-2-4-8-17/h2-4,7-8,15-16H,5-6,9-14H2,1H3,(H,22,27)/t16-/m1/s1.